The molecule has 0 aromatic rings. The Balaban J connectivity index is 2.11. The molecule has 106 valence electrons. The Labute approximate surface area is 115 Å². The first-order valence-corrected chi connectivity index (χ1v) is 7.21. The lowest BCUT2D eigenvalue weighted by Crippen LogP contribution is -2.30. The minimum Gasteiger partial charge on any atom is -0.350 e. The molecule has 0 fully saturated rings. The Morgan fingerprint density at radius 3 is 2.84 bits per heavy atom. The quantitative estimate of drug-likeness (QED) is 0.448. The number of rotatable bonds is 2. The molecule has 0 radical (unpaired) electrons. The van der Waals surface area contributed by atoms with Crippen LogP contribution in [0, 0.1) is 11.3 Å². The Morgan fingerprint density at radius 1 is 1.42 bits per heavy atom. The normalized spacial score (nSPS) is 26.9. The molecule has 19 heavy (non-hydrogen) atoms. The van der Waals surface area contributed by atoms with E-state index in [9.17, 15) is 4.79 Å². The molecule has 0 unspecified atom stereocenters. The number of hydrogen-bond acceptors (Lipinski definition) is 2. The lowest BCUT2D eigenvalue weighted by molar-refractivity contribution is 0.249. The van der Waals surface area contributed by atoms with E-state index in [1.807, 2.05) is 6.92 Å². The molecule has 0 aliphatic heterocycles. The summed E-state index contributed by atoms with van der Waals surface area (Å²) in [6.45, 7) is 6.71. The molecule has 2 aliphatic carbocycles. The third-order valence-electron chi connectivity index (χ3n) is 4.70. The van der Waals surface area contributed by atoms with Gasteiger partial charge in [0.25, 0.3) is 0 Å². The second kappa shape index (κ2) is 5.35. The average molecular weight is 263 g/mol. The Kier molecular flexibility index (Phi) is 3.97. The number of urea groups is 1. The van der Waals surface area contributed by atoms with Crippen molar-refractivity contribution >= 4 is 11.7 Å². The first-order valence-electron chi connectivity index (χ1n) is 7.21. The van der Waals surface area contributed by atoms with Crippen LogP contribution in [0.1, 0.15) is 59.3 Å². The summed E-state index contributed by atoms with van der Waals surface area (Å²) >= 11 is 0. The summed E-state index contributed by atoms with van der Waals surface area (Å²) in [7, 11) is 0. The summed E-state index contributed by atoms with van der Waals surface area (Å²) in [6, 6.07) is -0.590. The van der Waals surface area contributed by atoms with Crippen LogP contribution in [0.15, 0.2) is 16.2 Å². The lowest BCUT2D eigenvalue weighted by atomic mass is 9.65. The summed E-state index contributed by atoms with van der Waals surface area (Å²) in [5, 5.41) is 4.10. The van der Waals surface area contributed by atoms with Crippen LogP contribution < -0.4 is 11.2 Å². The van der Waals surface area contributed by atoms with Crippen molar-refractivity contribution in [1.82, 2.24) is 5.43 Å². The molecule has 2 aliphatic rings. The van der Waals surface area contributed by atoms with E-state index >= 15 is 0 Å². The van der Waals surface area contributed by atoms with Crippen molar-refractivity contribution in [2.75, 3.05) is 0 Å². The molecular weight excluding hydrogens is 238 g/mol. The Morgan fingerprint density at radius 2 is 2.16 bits per heavy atom. The first-order chi connectivity index (χ1) is 8.90. The van der Waals surface area contributed by atoms with Gasteiger partial charge in [0.05, 0.1) is 0 Å². The monoisotopic (exact) mass is 263 g/mol. The summed E-state index contributed by atoms with van der Waals surface area (Å²) in [5.41, 5.74) is 12.1. The number of allylic oxidation sites excluding steroid dienone is 2. The maximum absolute atomic E-state index is 10.7. The van der Waals surface area contributed by atoms with E-state index in [2.05, 4.69) is 24.4 Å². The predicted molar refractivity (Wildman–Crippen MR) is 77.8 cm³/mol. The van der Waals surface area contributed by atoms with Crippen molar-refractivity contribution < 1.29 is 4.79 Å². The summed E-state index contributed by atoms with van der Waals surface area (Å²) < 4.78 is 0. The zero-order valence-corrected chi connectivity index (χ0v) is 12.3. The van der Waals surface area contributed by atoms with Crippen LogP contribution in [0.3, 0.4) is 0 Å². The highest BCUT2D eigenvalue weighted by atomic mass is 16.2. The fourth-order valence-corrected chi connectivity index (χ4v) is 3.51. The fraction of sp³-hybridized carbons (Fsp3) is 0.733. The van der Waals surface area contributed by atoms with Crippen molar-refractivity contribution in [2.45, 2.75) is 59.3 Å². The van der Waals surface area contributed by atoms with Gasteiger partial charge >= 0.3 is 6.03 Å². The van der Waals surface area contributed by atoms with E-state index in [1.54, 1.807) is 11.1 Å². The molecule has 0 aromatic heterocycles. The Bertz CT molecular complexity index is 435. The van der Waals surface area contributed by atoms with E-state index in [0.717, 1.165) is 18.6 Å². The minimum atomic E-state index is -0.590. The van der Waals surface area contributed by atoms with Gasteiger partial charge in [-0.25, -0.2) is 10.2 Å². The fourth-order valence-electron chi connectivity index (χ4n) is 3.51. The zero-order chi connectivity index (χ0) is 14.0. The van der Waals surface area contributed by atoms with E-state index in [-0.39, 0.29) is 0 Å². The van der Waals surface area contributed by atoms with Gasteiger partial charge in [0, 0.05) is 11.6 Å². The maximum Gasteiger partial charge on any atom is 0.332 e. The van der Waals surface area contributed by atoms with E-state index in [1.165, 1.54) is 25.7 Å². The minimum absolute atomic E-state index is 0.337. The van der Waals surface area contributed by atoms with Crippen LogP contribution in [0.25, 0.3) is 0 Å². The number of carbonyl (C=O) groups is 1. The van der Waals surface area contributed by atoms with Crippen molar-refractivity contribution in [3.63, 3.8) is 0 Å². The maximum atomic E-state index is 10.7. The number of nitrogens with one attached hydrogen (secondary N) is 1. The lowest BCUT2D eigenvalue weighted by Gasteiger charge is -2.40. The van der Waals surface area contributed by atoms with Gasteiger partial charge in [0.2, 0.25) is 0 Å². The molecule has 0 heterocycles. The number of primary amides is 1. The molecule has 0 saturated heterocycles. The van der Waals surface area contributed by atoms with Crippen LogP contribution in [-0.2, 0) is 0 Å². The number of amides is 2. The highest BCUT2D eigenvalue weighted by Crippen LogP contribution is 2.47. The average Bonchev–Trinajstić information content (AvgIpc) is 2.35. The summed E-state index contributed by atoms with van der Waals surface area (Å²) in [4.78, 5) is 10.7. The van der Waals surface area contributed by atoms with Crippen LogP contribution in [0.2, 0.25) is 0 Å². The number of hydrogen-bond donors (Lipinski definition) is 2. The van der Waals surface area contributed by atoms with Crippen molar-refractivity contribution in [3.8, 4) is 0 Å². The highest BCUT2D eigenvalue weighted by molar-refractivity contribution is 5.86. The van der Waals surface area contributed by atoms with E-state index in [4.69, 9.17) is 5.73 Å². The molecule has 2 rings (SSSR count). The van der Waals surface area contributed by atoms with Gasteiger partial charge in [-0.05, 0) is 50.9 Å². The summed E-state index contributed by atoms with van der Waals surface area (Å²) in [5.74, 6) is 0.447. The van der Waals surface area contributed by atoms with Gasteiger partial charge in [-0.2, -0.15) is 5.10 Å². The van der Waals surface area contributed by atoms with Gasteiger partial charge in [0.15, 0.2) is 0 Å². The van der Waals surface area contributed by atoms with Crippen molar-refractivity contribution in [3.05, 3.63) is 11.1 Å². The molecule has 4 nitrogen and oxygen atoms in total. The molecule has 1 atom stereocenters. The molecule has 4 heteroatoms. The van der Waals surface area contributed by atoms with Crippen LogP contribution in [0.5, 0.6) is 0 Å². The first kappa shape index (κ1) is 14.1. The smallest absolute Gasteiger partial charge is 0.332 e. The van der Waals surface area contributed by atoms with Gasteiger partial charge in [0.1, 0.15) is 0 Å². The van der Waals surface area contributed by atoms with Gasteiger partial charge in [-0.15, -0.1) is 0 Å². The second-order valence-corrected chi connectivity index (χ2v) is 6.49. The topological polar surface area (TPSA) is 67.5 Å². The van der Waals surface area contributed by atoms with Gasteiger partial charge < -0.3 is 5.73 Å². The van der Waals surface area contributed by atoms with Gasteiger partial charge in [-0.3, -0.25) is 0 Å². The summed E-state index contributed by atoms with van der Waals surface area (Å²) in [6.07, 6.45) is 7.32. The van der Waals surface area contributed by atoms with Gasteiger partial charge in [-0.1, -0.05) is 25.0 Å². The molecule has 0 aromatic carbocycles. The number of hydrazone groups is 1. The molecule has 0 spiro atoms. The molecule has 0 bridgehead atoms. The molecule has 3 N–H and O–H groups in total. The third-order valence-corrected chi connectivity index (χ3v) is 4.70. The number of nitrogens with zero attached hydrogens (tertiary/aromatic N) is 1. The standard InChI is InChI=1S/C15H25N3O/c1-10(17-18-14(16)19)12-7-6-11-5-4-8-15(2,3)13(11)9-12/h12H,4-9H2,1-3H3,(H3,16,18,19)/t12-/m1/s1. The number of carbonyl (C=O) groups excluding carboxylic acids is 1. The number of nitrogens with two attached hydrogens (primary N) is 1. The second-order valence-electron chi connectivity index (χ2n) is 6.49. The van der Waals surface area contributed by atoms with Crippen LogP contribution in [-0.4, -0.2) is 11.7 Å². The molecule has 0 saturated carbocycles. The van der Waals surface area contributed by atoms with Crippen LogP contribution >= 0.6 is 0 Å². The zero-order valence-electron chi connectivity index (χ0n) is 12.3. The Hall–Kier alpha value is -1.32. The third kappa shape index (κ3) is 3.17. The molecule has 2 amide bonds. The largest absolute Gasteiger partial charge is 0.350 e. The predicted octanol–water partition coefficient (Wildman–Crippen LogP) is 3.34. The molecular formula is C15H25N3O. The van der Waals surface area contributed by atoms with Crippen molar-refractivity contribution in [2.24, 2.45) is 22.2 Å². The van der Waals surface area contributed by atoms with Crippen molar-refractivity contribution in [1.29, 1.82) is 0 Å². The van der Waals surface area contributed by atoms with E-state index in [0.29, 0.717) is 11.3 Å². The van der Waals surface area contributed by atoms with Crippen LogP contribution in [0.4, 0.5) is 4.79 Å². The highest BCUT2D eigenvalue weighted by Gasteiger charge is 2.34. The van der Waals surface area contributed by atoms with E-state index < -0.39 is 6.03 Å². The SMILES string of the molecule is CC(=NNC(N)=O)[C@@H]1CCC2=C(C1)C(C)(C)CCC2.